The van der Waals surface area contributed by atoms with Crippen LogP contribution in [0.15, 0.2) is 0 Å². The molecule has 0 aliphatic carbocycles. The van der Waals surface area contributed by atoms with Crippen LogP contribution in [0, 0.1) is 0 Å². The van der Waals surface area contributed by atoms with E-state index in [1.165, 1.54) is 0 Å². The summed E-state index contributed by atoms with van der Waals surface area (Å²) >= 11 is -0.559. The van der Waals surface area contributed by atoms with Crippen LogP contribution in [-0.2, 0) is 4.15 Å². The van der Waals surface area contributed by atoms with Crippen molar-refractivity contribution >= 4 is 8.64 Å². The van der Waals surface area contributed by atoms with Crippen molar-refractivity contribution in [2.24, 2.45) is 0 Å². The first kappa shape index (κ1) is 12.5. The van der Waals surface area contributed by atoms with E-state index in [2.05, 4.69) is 21.4 Å². The summed E-state index contributed by atoms with van der Waals surface area (Å²) in [5, 5.41) is 0. The zero-order valence-electron chi connectivity index (χ0n) is 7.07. The van der Waals surface area contributed by atoms with Crippen molar-refractivity contribution in [1.82, 2.24) is 9.96 Å². The number of rotatable bonds is 6. The predicted molar refractivity (Wildman–Crippen MR) is 37.8 cm³/mol. The van der Waals surface area contributed by atoms with Gasteiger partial charge in [-0.25, -0.2) is 0 Å². The van der Waals surface area contributed by atoms with Crippen molar-refractivity contribution in [2.75, 3.05) is 19.0 Å². The number of alkyl halides is 1. The van der Waals surface area contributed by atoms with Crippen LogP contribution in [0.1, 0.15) is 0 Å². The minimum absolute atomic E-state index is 0.0674. The number of halogens is 2. The molecule has 0 radical (unpaired) electrons. The van der Waals surface area contributed by atoms with Gasteiger partial charge in [0.1, 0.15) is 0 Å². The van der Waals surface area contributed by atoms with Crippen LogP contribution in [0.25, 0.3) is 0 Å². The van der Waals surface area contributed by atoms with Crippen LogP contribution < -0.4 is 53.6 Å². The van der Waals surface area contributed by atoms with Gasteiger partial charge in [0, 0.05) is 0 Å². The molecular weight excluding hydrogens is 390 g/mol. The first-order valence-electron chi connectivity index (χ1n) is 3.04. The Hall–Kier alpha value is 1.52. The van der Waals surface area contributed by atoms with Gasteiger partial charge in [-0.15, -0.1) is 0 Å². The summed E-state index contributed by atoms with van der Waals surface area (Å²) in [5.74, 6) is 0. The van der Waals surface area contributed by atoms with Crippen LogP contribution in [0.2, 0.25) is 6.55 Å². The number of hydrogen-bond acceptors (Lipinski definition) is 4. The first-order valence-corrected chi connectivity index (χ1v) is 10.3. The molecule has 0 saturated carbocycles. The summed E-state index contributed by atoms with van der Waals surface area (Å²) in [6.45, 7) is 2.07. The van der Waals surface area contributed by atoms with Crippen LogP contribution in [-0.4, -0.2) is 27.7 Å². The molecule has 0 saturated heterocycles. The Bertz CT molecular complexity index is 104. The van der Waals surface area contributed by atoms with Crippen LogP contribution >= 0.6 is 0 Å². The zero-order chi connectivity index (χ0) is 8.74. The minimum atomic E-state index is -1.79. The molecule has 4 nitrogen and oxygen atoms in total. The average molecular weight is 404 g/mol. The van der Waals surface area contributed by atoms with Gasteiger partial charge in [-0.05, 0) is 0 Å². The molecule has 0 bridgehead atoms. The van der Waals surface area contributed by atoms with Gasteiger partial charge in [-0.3, -0.25) is 0 Å². The van der Waals surface area contributed by atoms with E-state index in [9.17, 15) is 0 Å². The molecule has 0 unspecified atom stereocenters. The second-order valence-corrected chi connectivity index (χ2v) is 10.2. The van der Waals surface area contributed by atoms with Gasteiger partial charge in [0.25, 0.3) is 0 Å². The summed E-state index contributed by atoms with van der Waals surface area (Å²) in [6, 6.07) is 0. The van der Waals surface area contributed by atoms with Crippen molar-refractivity contribution < 1.29 is 47.8 Å². The maximum absolute atomic E-state index is 5.60. The van der Waals surface area contributed by atoms with Gasteiger partial charge in [0.05, 0.1) is 0 Å². The maximum atomic E-state index is 5.60. The molecule has 0 rings (SSSR count). The van der Waals surface area contributed by atoms with Gasteiger partial charge in [0.15, 0.2) is 0 Å². The molecule has 0 aliphatic heterocycles. The predicted octanol–water partition coefficient (Wildman–Crippen LogP) is -6.42. The summed E-state index contributed by atoms with van der Waals surface area (Å²) < 4.78 is 10.9. The van der Waals surface area contributed by atoms with E-state index in [4.69, 9.17) is 4.15 Å². The first-order chi connectivity index (χ1) is 5.18. The third kappa shape index (κ3) is 5.71. The van der Waals surface area contributed by atoms with Gasteiger partial charge < -0.3 is 0 Å². The second kappa shape index (κ2) is 6.97. The molecule has 0 aromatic carbocycles. The Morgan fingerprint density at radius 3 is 2.18 bits per heavy atom. The van der Waals surface area contributed by atoms with Crippen LogP contribution in [0.5, 0.6) is 0 Å². The Labute approximate surface area is 91.3 Å². The van der Waals surface area contributed by atoms with Gasteiger partial charge >= 0.3 is 92.0 Å². The molecular formula is C4H14I2N2O2Si-2. The third-order valence-electron chi connectivity index (χ3n) is 1.22. The fourth-order valence-corrected chi connectivity index (χ4v) is 5.87. The molecule has 0 spiro atoms. The standard InChI is InChI=1S/C4H14I2N2O2Si/c1-5-9-6-10-11(4,7-2)8-3/h7-8H,1-4H3/q-2. The molecule has 72 valence electrons. The summed E-state index contributed by atoms with van der Waals surface area (Å²) in [5.41, 5.74) is 0. The van der Waals surface area contributed by atoms with Crippen molar-refractivity contribution in [3.8, 4) is 0 Å². The van der Waals surface area contributed by atoms with E-state index in [0.29, 0.717) is 0 Å². The topological polar surface area (TPSA) is 42.5 Å². The molecule has 0 aromatic heterocycles. The quantitative estimate of drug-likeness (QED) is 0.200. The average Bonchev–Trinajstić information content (AvgIpc) is 2.05. The normalized spacial score (nSPS) is 12.7. The van der Waals surface area contributed by atoms with Crippen molar-refractivity contribution in [3.63, 3.8) is 0 Å². The molecule has 11 heavy (non-hydrogen) atoms. The van der Waals surface area contributed by atoms with Crippen molar-refractivity contribution in [2.45, 2.75) is 6.55 Å². The Morgan fingerprint density at radius 2 is 1.82 bits per heavy atom. The molecule has 0 aliphatic rings. The molecule has 0 atom stereocenters. The van der Waals surface area contributed by atoms with Crippen LogP contribution in [0.3, 0.4) is 0 Å². The second-order valence-electron chi connectivity index (χ2n) is 1.89. The van der Waals surface area contributed by atoms with Crippen molar-refractivity contribution in [3.05, 3.63) is 0 Å². The van der Waals surface area contributed by atoms with E-state index in [1.54, 1.807) is 0 Å². The fraction of sp³-hybridized carbons (Fsp3) is 1.00. The molecule has 0 amide bonds. The van der Waals surface area contributed by atoms with E-state index in [-0.39, 0.29) is 21.6 Å². The molecule has 2 N–H and O–H groups in total. The molecule has 0 heterocycles. The number of hydrogen-bond donors (Lipinski definition) is 2. The molecule has 0 aromatic rings. The Kier molecular flexibility index (Phi) is 7.93. The Balaban J connectivity index is 3.51. The van der Waals surface area contributed by atoms with E-state index >= 15 is 0 Å². The SMILES string of the molecule is CN[Si](C)(NC)O[I-]O[I-]C. The summed E-state index contributed by atoms with van der Waals surface area (Å²) in [6.07, 6.45) is 0. The third-order valence-corrected chi connectivity index (χ3v) is 10.3. The number of nitrogens with one attached hydrogen (secondary N) is 2. The van der Waals surface area contributed by atoms with Crippen LogP contribution in [0.4, 0.5) is 0 Å². The zero-order valence-corrected chi connectivity index (χ0v) is 12.4. The summed E-state index contributed by atoms with van der Waals surface area (Å²) in [7, 11) is 2.03. The molecule has 7 heteroatoms. The van der Waals surface area contributed by atoms with E-state index in [0.717, 1.165) is 0 Å². The van der Waals surface area contributed by atoms with Gasteiger partial charge in [-0.2, -0.15) is 0 Å². The van der Waals surface area contributed by atoms with Crippen molar-refractivity contribution in [1.29, 1.82) is 0 Å². The van der Waals surface area contributed by atoms with Gasteiger partial charge in [-0.1, -0.05) is 0 Å². The van der Waals surface area contributed by atoms with Gasteiger partial charge in [0.2, 0.25) is 0 Å². The fourth-order valence-electron chi connectivity index (χ4n) is 0.301. The Morgan fingerprint density at radius 1 is 1.27 bits per heavy atom. The van der Waals surface area contributed by atoms with E-state index in [1.807, 2.05) is 14.1 Å². The summed E-state index contributed by atoms with van der Waals surface area (Å²) in [4.78, 5) is 8.39. The van der Waals surface area contributed by atoms with E-state index < -0.39 is 30.7 Å². The molecule has 0 fully saturated rings. The monoisotopic (exact) mass is 404 g/mol.